The second-order valence-corrected chi connectivity index (χ2v) is 5.79. The summed E-state index contributed by atoms with van der Waals surface area (Å²) < 4.78 is 5.05. The molecule has 2 rings (SSSR count). The number of amides is 1. The van der Waals surface area contributed by atoms with E-state index in [4.69, 9.17) is 4.74 Å². The molecular weight excluding hydrogens is 282 g/mol. The number of thioether (sulfide) groups is 1. The van der Waals surface area contributed by atoms with Crippen molar-refractivity contribution in [2.45, 2.75) is 11.8 Å². The summed E-state index contributed by atoms with van der Waals surface area (Å²) in [6.07, 6.45) is 0. The van der Waals surface area contributed by atoms with Crippen LogP contribution < -0.4 is 5.32 Å². The molecule has 0 saturated heterocycles. The molecule has 0 atom stereocenters. The average molecular weight is 301 g/mol. The molecular formula is C17H19NO2S. The lowest BCUT2D eigenvalue weighted by Gasteiger charge is -2.10. The Kier molecular flexibility index (Phi) is 5.84. The van der Waals surface area contributed by atoms with E-state index in [0.717, 1.165) is 16.3 Å². The summed E-state index contributed by atoms with van der Waals surface area (Å²) in [5.74, 6) is 0.741. The summed E-state index contributed by atoms with van der Waals surface area (Å²) in [7, 11) is 1.68. The summed E-state index contributed by atoms with van der Waals surface area (Å²) in [5.41, 5.74) is 2.67. The van der Waals surface area contributed by atoms with Gasteiger partial charge < -0.3 is 10.1 Å². The van der Waals surface area contributed by atoms with E-state index < -0.39 is 0 Å². The van der Waals surface area contributed by atoms with E-state index in [0.29, 0.717) is 12.2 Å². The molecule has 3 nitrogen and oxygen atoms in total. The average Bonchev–Trinajstić information content (AvgIpc) is 2.50. The maximum atomic E-state index is 12.4. The molecule has 21 heavy (non-hydrogen) atoms. The number of carbonyl (C=O) groups is 1. The van der Waals surface area contributed by atoms with E-state index in [1.54, 1.807) is 18.9 Å². The molecule has 0 bridgehead atoms. The lowest BCUT2D eigenvalue weighted by Crippen LogP contribution is -2.13. The molecule has 1 N–H and O–H groups in total. The van der Waals surface area contributed by atoms with Gasteiger partial charge in [-0.15, -0.1) is 11.8 Å². The smallest absolute Gasteiger partial charge is 0.256 e. The summed E-state index contributed by atoms with van der Waals surface area (Å²) in [4.78, 5) is 13.4. The van der Waals surface area contributed by atoms with Crippen molar-refractivity contribution >= 4 is 23.4 Å². The van der Waals surface area contributed by atoms with Crippen molar-refractivity contribution in [3.05, 3.63) is 59.7 Å². The molecule has 2 aromatic carbocycles. The molecule has 0 aromatic heterocycles. The third-order valence-electron chi connectivity index (χ3n) is 2.99. The van der Waals surface area contributed by atoms with Crippen molar-refractivity contribution in [2.24, 2.45) is 0 Å². The first-order valence-corrected chi connectivity index (χ1v) is 7.78. The van der Waals surface area contributed by atoms with E-state index in [1.807, 2.05) is 55.5 Å². The molecule has 0 saturated carbocycles. The van der Waals surface area contributed by atoms with Gasteiger partial charge in [0.1, 0.15) is 0 Å². The molecule has 110 valence electrons. The van der Waals surface area contributed by atoms with E-state index in [-0.39, 0.29) is 5.91 Å². The molecule has 0 aliphatic heterocycles. The number of carbonyl (C=O) groups excluding carboxylic acids is 1. The van der Waals surface area contributed by atoms with Gasteiger partial charge in [0.05, 0.1) is 12.2 Å². The van der Waals surface area contributed by atoms with Gasteiger partial charge in [0.25, 0.3) is 5.91 Å². The minimum atomic E-state index is -0.0839. The third kappa shape index (κ3) is 4.62. The van der Waals surface area contributed by atoms with Crippen LogP contribution >= 0.6 is 11.8 Å². The molecule has 0 aliphatic rings. The second-order valence-electron chi connectivity index (χ2n) is 4.66. The van der Waals surface area contributed by atoms with Gasteiger partial charge in [0, 0.05) is 23.4 Å². The minimum absolute atomic E-state index is 0.0839. The molecule has 2 aromatic rings. The van der Waals surface area contributed by atoms with Crippen molar-refractivity contribution in [1.29, 1.82) is 0 Å². The molecule has 0 radical (unpaired) electrons. The molecule has 4 heteroatoms. The van der Waals surface area contributed by atoms with Crippen molar-refractivity contribution in [3.8, 4) is 0 Å². The van der Waals surface area contributed by atoms with Gasteiger partial charge in [0.2, 0.25) is 0 Å². The van der Waals surface area contributed by atoms with Crippen LogP contribution in [0.5, 0.6) is 0 Å². The highest BCUT2D eigenvalue weighted by molar-refractivity contribution is 7.99. The summed E-state index contributed by atoms with van der Waals surface area (Å²) >= 11 is 1.63. The van der Waals surface area contributed by atoms with Gasteiger partial charge in [-0.25, -0.2) is 0 Å². The topological polar surface area (TPSA) is 38.3 Å². The lowest BCUT2D eigenvalue weighted by atomic mass is 10.2. The van der Waals surface area contributed by atoms with Crippen LogP contribution in [0.15, 0.2) is 53.4 Å². The number of hydrogen-bond donors (Lipinski definition) is 1. The highest BCUT2D eigenvalue weighted by atomic mass is 32.2. The number of anilines is 1. The molecule has 0 aliphatic carbocycles. The first-order valence-electron chi connectivity index (χ1n) is 6.79. The number of hydrogen-bond acceptors (Lipinski definition) is 3. The Morgan fingerprint density at radius 1 is 1.14 bits per heavy atom. The maximum Gasteiger partial charge on any atom is 0.256 e. The van der Waals surface area contributed by atoms with Crippen LogP contribution in [-0.4, -0.2) is 25.4 Å². The van der Waals surface area contributed by atoms with Crippen molar-refractivity contribution in [1.82, 2.24) is 0 Å². The van der Waals surface area contributed by atoms with Crippen LogP contribution in [0.4, 0.5) is 5.69 Å². The van der Waals surface area contributed by atoms with Gasteiger partial charge in [-0.05, 0) is 31.2 Å². The molecule has 0 fully saturated rings. The fraction of sp³-hybridized carbons (Fsp3) is 0.235. The highest BCUT2D eigenvalue weighted by Crippen LogP contribution is 2.23. The maximum absolute atomic E-state index is 12.4. The summed E-state index contributed by atoms with van der Waals surface area (Å²) in [6, 6.07) is 15.4. The third-order valence-corrected chi connectivity index (χ3v) is 4.02. The van der Waals surface area contributed by atoms with E-state index in [2.05, 4.69) is 5.32 Å². The van der Waals surface area contributed by atoms with Crippen LogP contribution in [0, 0.1) is 6.92 Å². The predicted molar refractivity (Wildman–Crippen MR) is 88.2 cm³/mol. The number of benzene rings is 2. The van der Waals surface area contributed by atoms with Crippen LogP contribution in [0.25, 0.3) is 0 Å². The Labute approximate surface area is 129 Å². The number of methoxy groups -OCH3 is 1. The molecule has 0 unspecified atom stereocenters. The van der Waals surface area contributed by atoms with Crippen LogP contribution in [0.3, 0.4) is 0 Å². The Morgan fingerprint density at radius 2 is 1.86 bits per heavy atom. The van der Waals surface area contributed by atoms with Crippen LogP contribution in [-0.2, 0) is 4.74 Å². The monoisotopic (exact) mass is 301 g/mol. The van der Waals surface area contributed by atoms with Gasteiger partial charge in [-0.1, -0.05) is 29.8 Å². The first-order chi connectivity index (χ1) is 10.2. The summed E-state index contributed by atoms with van der Waals surface area (Å²) in [6.45, 7) is 2.69. The van der Waals surface area contributed by atoms with Crippen molar-refractivity contribution in [3.63, 3.8) is 0 Å². The van der Waals surface area contributed by atoms with Gasteiger partial charge >= 0.3 is 0 Å². The fourth-order valence-electron chi connectivity index (χ4n) is 1.85. The Morgan fingerprint density at radius 3 is 2.57 bits per heavy atom. The van der Waals surface area contributed by atoms with E-state index in [1.165, 1.54) is 5.56 Å². The lowest BCUT2D eigenvalue weighted by molar-refractivity contribution is 0.102. The quantitative estimate of drug-likeness (QED) is 0.648. The van der Waals surface area contributed by atoms with Gasteiger partial charge in [0.15, 0.2) is 0 Å². The first kappa shape index (κ1) is 15.6. The Balaban J connectivity index is 2.09. The zero-order valence-electron chi connectivity index (χ0n) is 12.3. The predicted octanol–water partition coefficient (Wildman–Crippen LogP) is 3.99. The van der Waals surface area contributed by atoms with Crippen molar-refractivity contribution in [2.75, 3.05) is 24.8 Å². The van der Waals surface area contributed by atoms with Crippen LogP contribution in [0.2, 0.25) is 0 Å². The minimum Gasteiger partial charge on any atom is -0.384 e. The normalized spacial score (nSPS) is 10.4. The fourth-order valence-corrected chi connectivity index (χ4v) is 2.81. The Hall–Kier alpha value is -1.78. The molecule has 0 spiro atoms. The zero-order chi connectivity index (χ0) is 15.1. The standard InChI is InChI=1S/C17H19NO2S/c1-13-7-9-14(10-8-13)18-17(19)15-5-3-4-6-16(15)21-12-11-20-2/h3-10H,11-12H2,1-2H3,(H,18,19). The molecule has 0 heterocycles. The largest absolute Gasteiger partial charge is 0.384 e. The van der Waals surface area contributed by atoms with E-state index in [9.17, 15) is 4.79 Å². The SMILES string of the molecule is COCCSc1ccccc1C(=O)Nc1ccc(C)cc1. The van der Waals surface area contributed by atoms with Gasteiger partial charge in [-0.2, -0.15) is 0 Å². The van der Waals surface area contributed by atoms with Crippen molar-refractivity contribution < 1.29 is 9.53 Å². The van der Waals surface area contributed by atoms with Crippen LogP contribution in [0.1, 0.15) is 15.9 Å². The number of rotatable bonds is 6. The molecule has 1 amide bonds. The highest BCUT2D eigenvalue weighted by Gasteiger charge is 2.11. The summed E-state index contributed by atoms with van der Waals surface area (Å²) in [5, 5.41) is 2.93. The number of aryl methyl sites for hydroxylation is 1. The second kappa shape index (κ2) is 7.86. The Bertz CT molecular complexity index is 596. The van der Waals surface area contributed by atoms with E-state index >= 15 is 0 Å². The number of ether oxygens (including phenoxy) is 1. The number of nitrogens with one attached hydrogen (secondary N) is 1. The van der Waals surface area contributed by atoms with Gasteiger partial charge in [-0.3, -0.25) is 4.79 Å². The zero-order valence-corrected chi connectivity index (χ0v) is 13.1.